The van der Waals surface area contributed by atoms with Gasteiger partial charge in [0.1, 0.15) is 17.6 Å². The van der Waals surface area contributed by atoms with E-state index in [2.05, 4.69) is 42.7 Å². The smallest absolute Gasteiger partial charge is 0.222 e. The third kappa shape index (κ3) is 4.79. The number of methoxy groups -OCH3 is 1. The van der Waals surface area contributed by atoms with Gasteiger partial charge in [0.15, 0.2) is 11.5 Å². The van der Waals surface area contributed by atoms with E-state index in [4.69, 9.17) is 4.74 Å². The van der Waals surface area contributed by atoms with Crippen molar-refractivity contribution in [3.8, 4) is 5.75 Å². The highest BCUT2D eigenvalue weighted by molar-refractivity contribution is 5.84. The van der Waals surface area contributed by atoms with Crippen molar-refractivity contribution in [2.45, 2.75) is 25.7 Å². The normalized spacial score (nSPS) is 13.8. The molecule has 3 aromatic rings. The molecule has 0 bridgehead atoms. The molecule has 0 atom stereocenters. The molecule has 0 spiro atoms. The number of carbonyl (C=O) groups is 1. The fraction of sp³-hybridized carbons (Fsp3) is 0.429. The molecule has 0 unspecified atom stereocenters. The number of ether oxygens (including phenoxy) is 1. The molecule has 1 aliphatic heterocycles. The number of carbonyl (C=O) groups excluding carboxylic acids is 1. The number of benzene rings is 1. The third-order valence-corrected chi connectivity index (χ3v) is 5.22. The molecule has 3 heterocycles. The molecular weight excluding hydrogens is 382 g/mol. The highest BCUT2D eigenvalue weighted by Crippen LogP contribution is 2.19. The number of nitrogens with zero attached hydrogens (tertiary/aromatic N) is 4. The summed E-state index contributed by atoms with van der Waals surface area (Å²) in [6.07, 6.45) is 4.92. The van der Waals surface area contributed by atoms with Gasteiger partial charge in [-0.05, 0) is 37.0 Å². The van der Waals surface area contributed by atoms with Crippen LogP contribution in [0.15, 0.2) is 30.6 Å². The average Bonchev–Trinajstić information content (AvgIpc) is 3.38. The molecule has 0 aliphatic carbocycles. The average molecular weight is 409 g/mol. The van der Waals surface area contributed by atoms with Crippen molar-refractivity contribution in [1.82, 2.24) is 24.8 Å². The fourth-order valence-electron chi connectivity index (χ4n) is 3.58. The lowest BCUT2D eigenvalue weighted by atomic mass is 10.1. The van der Waals surface area contributed by atoms with E-state index in [1.54, 1.807) is 7.11 Å². The van der Waals surface area contributed by atoms with Crippen molar-refractivity contribution < 1.29 is 9.53 Å². The first-order valence-electron chi connectivity index (χ1n) is 10.3. The first kappa shape index (κ1) is 19.9. The second-order valence-electron chi connectivity index (χ2n) is 7.30. The molecule has 0 saturated carbocycles. The van der Waals surface area contributed by atoms with Crippen LogP contribution in [0.25, 0.3) is 11.2 Å². The number of hydrogen-bond donors (Lipinski definition) is 3. The minimum atomic E-state index is 0.263. The molecule has 1 amide bonds. The molecule has 1 aliphatic rings. The van der Waals surface area contributed by atoms with Crippen LogP contribution in [0.1, 0.15) is 24.8 Å². The number of aromatic amines is 1. The molecule has 0 radical (unpaired) electrons. The first-order valence-corrected chi connectivity index (χ1v) is 10.3. The fourth-order valence-corrected chi connectivity index (χ4v) is 3.58. The number of hydrogen-bond acceptors (Lipinski definition) is 7. The Morgan fingerprint density at radius 3 is 2.80 bits per heavy atom. The molecule has 1 fully saturated rings. The van der Waals surface area contributed by atoms with Gasteiger partial charge >= 0.3 is 0 Å². The number of anilines is 2. The minimum Gasteiger partial charge on any atom is -0.497 e. The van der Waals surface area contributed by atoms with Gasteiger partial charge in [0, 0.05) is 32.6 Å². The number of imidazole rings is 1. The third-order valence-electron chi connectivity index (χ3n) is 5.22. The van der Waals surface area contributed by atoms with Gasteiger partial charge in [0.25, 0.3) is 0 Å². The Bertz CT molecular complexity index is 987. The maximum atomic E-state index is 11.7. The van der Waals surface area contributed by atoms with E-state index in [9.17, 15) is 4.79 Å². The van der Waals surface area contributed by atoms with Crippen LogP contribution in [-0.2, 0) is 11.2 Å². The summed E-state index contributed by atoms with van der Waals surface area (Å²) in [5.41, 5.74) is 2.62. The van der Waals surface area contributed by atoms with Crippen molar-refractivity contribution in [2.24, 2.45) is 0 Å². The van der Waals surface area contributed by atoms with Crippen molar-refractivity contribution in [3.05, 3.63) is 36.2 Å². The number of rotatable bonds is 10. The Kier molecular flexibility index (Phi) is 6.26. The van der Waals surface area contributed by atoms with Crippen LogP contribution < -0.4 is 15.4 Å². The van der Waals surface area contributed by atoms with Crippen LogP contribution in [-0.4, -0.2) is 64.0 Å². The van der Waals surface area contributed by atoms with Crippen LogP contribution in [0.3, 0.4) is 0 Å². The highest BCUT2D eigenvalue weighted by atomic mass is 16.5. The molecule has 1 saturated heterocycles. The van der Waals surface area contributed by atoms with Gasteiger partial charge in [-0.2, -0.15) is 4.98 Å². The van der Waals surface area contributed by atoms with E-state index in [-0.39, 0.29) is 5.91 Å². The molecule has 2 aromatic heterocycles. The zero-order chi connectivity index (χ0) is 20.8. The number of aromatic nitrogens is 4. The van der Waals surface area contributed by atoms with Crippen LogP contribution in [0, 0.1) is 0 Å². The van der Waals surface area contributed by atoms with Crippen LogP contribution >= 0.6 is 0 Å². The summed E-state index contributed by atoms with van der Waals surface area (Å²) in [4.78, 5) is 29.9. The second kappa shape index (κ2) is 9.43. The van der Waals surface area contributed by atoms with Crippen LogP contribution in [0.4, 0.5) is 11.8 Å². The van der Waals surface area contributed by atoms with Gasteiger partial charge in [0.2, 0.25) is 11.9 Å². The van der Waals surface area contributed by atoms with Crippen LogP contribution in [0.5, 0.6) is 5.75 Å². The summed E-state index contributed by atoms with van der Waals surface area (Å²) < 4.78 is 5.19. The van der Waals surface area contributed by atoms with Gasteiger partial charge < -0.3 is 25.3 Å². The van der Waals surface area contributed by atoms with E-state index < -0.39 is 0 Å². The summed E-state index contributed by atoms with van der Waals surface area (Å²) in [6.45, 7) is 3.13. The molecule has 158 valence electrons. The number of H-pyrrole nitrogens is 1. The lowest BCUT2D eigenvalue weighted by molar-refractivity contribution is -0.127. The van der Waals surface area contributed by atoms with Gasteiger partial charge in [0.05, 0.1) is 7.11 Å². The predicted molar refractivity (Wildman–Crippen MR) is 116 cm³/mol. The topological polar surface area (TPSA) is 108 Å². The zero-order valence-electron chi connectivity index (χ0n) is 17.1. The van der Waals surface area contributed by atoms with Gasteiger partial charge in [-0.15, -0.1) is 0 Å². The van der Waals surface area contributed by atoms with E-state index in [1.807, 2.05) is 17.0 Å². The summed E-state index contributed by atoms with van der Waals surface area (Å²) in [5.74, 6) is 2.52. The Hall–Kier alpha value is -3.36. The quantitative estimate of drug-likeness (QED) is 0.441. The lowest BCUT2D eigenvalue weighted by Crippen LogP contribution is -2.27. The van der Waals surface area contributed by atoms with Gasteiger partial charge in [-0.25, -0.2) is 9.97 Å². The Balaban J connectivity index is 1.29. The molecule has 9 nitrogen and oxygen atoms in total. The van der Waals surface area contributed by atoms with Gasteiger partial charge in [-0.1, -0.05) is 12.1 Å². The summed E-state index contributed by atoms with van der Waals surface area (Å²) in [5, 5.41) is 6.64. The number of fused-ring (bicyclic) bond motifs is 1. The molecule has 4 rings (SSSR count). The first-order chi connectivity index (χ1) is 14.7. The monoisotopic (exact) mass is 409 g/mol. The van der Waals surface area contributed by atoms with Gasteiger partial charge in [-0.3, -0.25) is 4.79 Å². The summed E-state index contributed by atoms with van der Waals surface area (Å²) in [6, 6.07) is 8.05. The number of nitrogens with one attached hydrogen (secondary N) is 3. The lowest BCUT2D eigenvalue weighted by Gasteiger charge is -2.14. The number of amides is 1. The standard InChI is InChI=1S/C21H27N7O2/c1-30-16-7-5-15(6-8-16)9-11-22-19-18-20(25-14-24-19)27-21(26-18)23-10-3-13-28-12-2-4-17(28)29/h5-8,14H,2-4,9-13H2,1H3,(H3,22,23,24,25,26,27). The van der Waals surface area contributed by atoms with E-state index in [0.29, 0.717) is 18.0 Å². The Morgan fingerprint density at radius 2 is 2.03 bits per heavy atom. The zero-order valence-corrected chi connectivity index (χ0v) is 17.1. The van der Waals surface area contributed by atoms with E-state index in [0.717, 1.165) is 62.5 Å². The largest absolute Gasteiger partial charge is 0.497 e. The van der Waals surface area contributed by atoms with E-state index >= 15 is 0 Å². The summed E-state index contributed by atoms with van der Waals surface area (Å²) >= 11 is 0. The minimum absolute atomic E-state index is 0.263. The van der Waals surface area contributed by atoms with Crippen molar-refractivity contribution in [1.29, 1.82) is 0 Å². The van der Waals surface area contributed by atoms with Crippen molar-refractivity contribution in [2.75, 3.05) is 43.9 Å². The summed E-state index contributed by atoms with van der Waals surface area (Å²) in [7, 11) is 1.67. The molecule has 3 N–H and O–H groups in total. The SMILES string of the molecule is COc1ccc(CCNc2ncnc3nc(NCCCN4CCCC4=O)[nH]c23)cc1. The second-order valence-corrected chi connectivity index (χ2v) is 7.30. The van der Waals surface area contributed by atoms with Crippen molar-refractivity contribution in [3.63, 3.8) is 0 Å². The molecule has 30 heavy (non-hydrogen) atoms. The molecule has 9 heteroatoms. The number of likely N-dealkylation sites (tertiary alicyclic amines) is 1. The Morgan fingerprint density at radius 1 is 1.17 bits per heavy atom. The Labute approximate surface area is 175 Å². The highest BCUT2D eigenvalue weighted by Gasteiger charge is 2.19. The predicted octanol–water partition coefficient (Wildman–Crippen LogP) is 2.44. The molecule has 1 aromatic carbocycles. The van der Waals surface area contributed by atoms with E-state index in [1.165, 1.54) is 11.9 Å². The maximum Gasteiger partial charge on any atom is 0.222 e. The maximum absolute atomic E-state index is 11.7. The molecular formula is C21H27N7O2. The van der Waals surface area contributed by atoms with Crippen LogP contribution in [0.2, 0.25) is 0 Å². The van der Waals surface area contributed by atoms with Crippen molar-refractivity contribution >= 4 is 28.8 Å².